The van der Waals surface area contributed by atoms with E-state index >= 15 is 0 Å². The maximum atomic E-state index is 12.2. The highest BCUT2D eigenvalue weighted by Gasteiger charge is 2.08. The number of benzene rings is 2. The van der Waals surface area contributed by atoms with Gasteiger partial charge in [-0.2, -0.15) is 5.10 Å². The maximum absolute atomic E-state index is 12.2. The molecule has 0 bridgehead atoms. The predicted octanol–water partition coefficient (Wildman–Crippen LogP) is 4.18. The van der Waals surface area contributed by atoms with Crippen LogP contribution >= 0.6 is 15.9 Å². The van der Waals surface area contributed by atoms with E-state index in [1.165, 1.54) is 5.69 Å². The number of anilines is 1. The van der Waals surface area contributed by atoms with Crippen molar-refractivity contribution in [2.75, 3.05) is 24.6 Å². The zero-order chi connectivity index (χ0) is 23.5. The number of nitrogens with one attached hydrogen (secondary N) is 2. The van der Waals surface area contributed by atoms with Crippen LogP contribution in [0.15, 0.2) is 52.0 Å². The number of hydrogen-bond donors (Lipinski definition) is 2. The number of carbonyl (C=O) groups is 2. The molecule has 0 atom stereocenters. The van der Waals surface area contributed by atoms with E-state index in [2.05, 4.69) is 62.7 Å². The lowest BCUT2D eigenvalue weighted by molar-refractivity contribution is -0.123. The summed E-state index contributed by atoms with van der Waals surface area (Å²) in [5.41, 5.74) is 6.05. The van der Waals surface area contributed by atoms with Crippen molar-refractivity contribution < 1.29 is 14.3 Å². The lowest BCUT2D eigenvalue weighted by Gasteiger charge is -2.21. The van der Waals surface area contributed by atoms with Crippen molar-refractivity contribution >= 4 is 39.1 Å². The molecule has 32 heavy (non-hydrogen) atoms. The highest BCUT2D eigenvalue weighted by molar-refractivity contribution is 9.10. The van der Waals surface area contributed by atoms with Gasteiger partial charge in [0.15, 0.2) is 6.61 Å². The molecule has 0 saturated carbocycles. The molecule has 172 valence electrons. The van der Waals surface area contributed by atoms with Crippen LogP contribution in [0.5, 0.6) is 5.75 Å². The first kappa shape index (κ1) is 25.4. The Morgan fingerprint density at radius 1 is 1.06 bits per heavy atom. The fourth-order valence-electron chi connectivity index (χ4n) is 3.06. The summed E-state index contributed by atoms with van der Waals surface area (Å²) < 4.78 is 6.45. The van der Waals surface area contributed by atoms with E-state index in [1.807, 2.05) is 31.2 Å². The number of carbonyl (C=O) groups excluding carboxylic acids is 2. The van der Waals surface area contributed by atoms with Crippen molar-refractivity contribution in [2.24, 2.45) is 5.10 Å². The minimum absolute atomic E-state index is 0.102. The van der Waals surface area contributed by atoms with Crippen LogP contribution in [-0.2, 0) is 16.1 Å². The molecule has 2 aromatic carbocycles. The molecule has 2 rings (SSSR count). The summed E-state index contributed by atoms with van der Waals surface area (Å²) in [6.45, 7) is 10.0. The van der Waals surface area contributed by atoms with E-state index < -0.39 is 0 Å². The maximum Gasteiger partial charge on any atom is 0.277 e. The SMILES string of the molecule is CCN(CC)c1ccc(CNC(=O)CC(C)=NNC(=O)COc2ccc(Br)cc2C)cc1. The van der Waals surface area contributed by atoms with Gasteiger partial charge in [0.1, 0.15) is 5.75 Å². The second-order valence-electron chi connectivity index (χ2n) is 7.37. The monoisotopic (exact) mass is 502 g/mol. The molecule has 0 unspecified atom stereocenters. The lowest BCUT2D eigenvalue weighted by Crippen LogP contribution is -2.28. The summed E-state index contributed by atoms with van der Waals surface area (Å²) in [6.07, 6.45) is 0.102. The van der Waals surface area contributed by atoms with E-state index in [9.17, 15) is 9.59 Å². The Morgan fingerprint density at radius 2 is 1.75 bits per heavy atom. The zero-order valence-corrected chi connectivity index (χ0v) is 20.7. The number of nitrogens with zero attached hydrogens (tertiary/aromatic N) is 2. The van der Waals surface area contributed by atoms with Crippen molar-refractivity contribution in [1.29, 1.82) is 0 Å². The average Bonchev–Trinajstić information content (AvgIpc) is 2.77. The Morgan fingerprint density at radius 3 is 2.38 bits per heavy atom. The third-order valence-electron chi connectivity index (χ3n) is 4.84. The van der Waals surface area contributed by atoms with E-state index in [0.29, 0.717) is 18.0 Å². The standard InChI is InChI=1S/C24H31BrN4O3/c1-5-29(6-2)21-10-7-19(8-11-21)15-26-23(30)14-18(4)27-28-24(31)16-32-22-12-9-20(25)13-17(22)3/h7-13H,5-6,14-16H2,1-4H3,(H,26,30)(H,28,31). The fourth-order valence-corrected chi connectivity index (χ4v) is 3.53. The predicted molar refractivity (Wildman–Crippen MR) is 132 cm³/mol. The summed E-state index contributed by atoms with van der Waals surface area (Å²) >= 11 is 3.39. The van der Waals surface area contributed by atoms with E-state index in [1.54, 1.807) is 13.0 Å². The van der Waals surface area contributed by atoms with Crippen LogP contribution in [0.2, 0.25) is 0 Å². The van der Waals surface area contributed by atoms with E-state index in [4.69, 9.17) is 4.74 Å². The van der Waals surface area contributed by atoms with Gasteiger partial charge < -0.3 is 15.0 Å². The average molecular weight is 503 g/mol. The third-order valence-corrected chi connectivity index (χ3v) is 5.33. The molecule has 0 aliphatic carbocycles. The Kier molecular flexibility index (Phi) is 10.2. The first-order valence-corrected chi connectivity index (χ1v) is 11.4. The van der Waals surface area contributed by atoms with Crippen molar-refractivity contribution in [3.05, 3.63) is 58.1 Å². The molecule has 8 heteroatoms. The molecule has 0 heterocycles. The van der Waals surface area contributed by atoms with Crippen LogP contribution in [-0.4, -0.2) is 37.2 Å². The van der Waals surface area contributed by atoms with Crippen molar-refractivity contribution in [2.45, 2.75) is 40.7 Å². The molecule has 2 amide bonds. The third kappa shape index (κ3) is 8.34. The first-order chi connectivity index (χ1) is 15.3. The zero-order valence-electron chi connectivity index (χ0n) is 19.1. The number of ether oxygens (including phenoxy) is 1. The van der Waals surface area contributed by atoms with Gasteiger partial charge >= 0.3 is 0 Å². The van der Waals surface area contributed by atoms with Crippen LogP contribution in [0, 0.1) is 6.92 Å². The fraction of sp³-hybridized carbons (Fsp3) is 0.375. The van der Waals surface area contributed by atoms with Crippen molar-refractivity contribution in [3.63, 3.8) is 0 Å². The van der Waals surface area contributed by atoms with Gasteiger partial charge in [-0.3, -0.25) is 9.59 Å². The normalized spacial score (nSPS) is 11.1. The Labute approximate surface area is 198 Å². The van der Waals surface area contributed by atoms with Gasteiger partial charge in [0.2, 0.25) is 5.91 Å². The molecule has 2 N–H and O–H groups in total. The summed E-state index contributed by atoms with van der Waals surface area (Å²) in [5.74, 6) is 0.0870. The largest absolute Gasteiger partial charge is 0.483 e. The Hall–Kier alpha value is -2.87. The van der Waals surface area contributed by atoms with Gasteiger partial charge in [-0.05, 0) is 69.2 Å². The molecule has 0 saturated heterocycles. The summed E-state index contributed by atoms with van der Waals surface area (Å²) in [6, 6.07) is 13.7. The Bertz CT molecular complexity index is 941. The minimum Gasteiger partial charge on any atom is -0.483 e. The summed E-state index contributed by atoms with van der Waals surface area (Å²) in [4.78, 5) is 26.4. The van der Waals surface area contributed by atoms with Gasteiger partial charge in [0.25, 0.3) is 5.91 Å². The molecule has 0 aromatic heterocycles. The quantitative estimate of drug-likeness (QED) is 0.356. The Balaban J connectivity index is 1.73. The minimum atomic E-state index is -0.389. The first-order valence-electron chi connectivity index (χ1n) is 10.6. The van der Waals surface area contributed by atoms with Crippen molar-refractivity contribution in [3.8, 4) is 5.75 Å². The topological polar surface area (TPSA) is 83.0 Å². The number of hydrogen-bond acceptors (Lipinski definition) is 5. The van der Waals surface area contributed by atoms with E-state index in [-0.39, 0.29) is 24.8 Å². The second-order valence-corrected chi connectivity index (χ2v) is 8.29. The van der Waals surface area contributed by atoms with E-state index in [0.717, 1.165) is 28.7 Å². The summed E-state index contributed by atoms with van der Waals surface area (Å²) in [7, 11) is 0. The van der Waals surface area contributed by atoms with Crippen LogP contribution in [0.1, 0.15) is 38.3 Å². The highest BCUT2D eigenvalue weighted by atomic mass is 79.9. The van der Waals surface area contributed by atoms with Gasteiger partial charge in [-0.25, -0.2) is 5.43 Å². The van der Waals surface area contributed by atoms with Gasteiger partial charge in [0.05, 0.1) is 6.42 Å². The van der Waals surface area contributed by atoms with Gasteiger partial charge in [-0.15, -0.1) is 0 Å². The smallest absolute Gasteiger partial charge is 0.277 e. The highest BCUT2D eigenvalue weighted by Crippen LogP contribution is 2.22. The number of aryl methyl sites for hydroxylation is 1. The number of halogens is 1. The van der Waals surface area contributed by atoms with Gasteiger partial charge in [-0.1, -0.05) is 28.1 Å². The van der Waals surface area contributed by atoms with Crippen molar-refractivity contribution in [1.82, 2.24) is 10.7 Å². The molecule has 0 aliphatic heterocycles. The summed E-state index contributed by atoms with van der Waals surface area (Å²) in [5, 5.41) is 6.86. The number of rotatable bonds is 11. The van der Waals surface area contributed by atoms with Crippen LogP contribution in [0.3, 0.4) is 0 Å². The van der Waals surface area contributed by atoms with Crippen LogP contribution in [0.4, 0.5) is 5.69 Å². The molecular weight excluding hydrogens is 472 g/mol. The lowest BCUT2D eigenvalue weighted by atomic mass is 10.2. The molecule has 7 nitrogen and oxygen atoms in total. The molecular formula is C24H31BrN4O3. The molecule has 0 aliphatic rings. The van der Waals surface area contributed by atoms with Crippen LogP contribution in [0.25, 0.3) is 0 Å². The molecule has 2 aromatic rings. The number of amides is 2. The van der Waals surface area contributed by atoms with Gasteiger partial charge in [0, 0.05) is 35.5 Å². The van der Waals surface area contributed by atoms with Crippen LogP contribution < -0.4 is 20.4 Å². The number of hydrazone groups is 1. The molecule has 0 fully saturated rings. The second kappa shape index (κ2) is 12.9. The molecule has 0 radical (unpaired) electrons. The molecule has 0 spiro atoms.